The van der Waals surface area contributed by atoms with Gasteiger partial charge in [-0.25, -0.2) is 42.1 Å². The first-order valence-electron chi connectivity index (χ1n) is 31.4. The van der Waals surface area contributed by atoms with Gasteiger partial charge in [-0.05, 0) is 104 Å². The Labute approximate surface area is 649 Å². The maximum Gasteiger partial charge on any atom is -1.00 e. The third kappa shape index (κ3) is 30.3. The number of alkyl halides is 6. The smallest absolute Gasteiger partial charge is 1.00 e. The van der Waals surface area contributed by atoms with Crippen LogP contribution in [0.1, 0.15) is 87.5 Å². The van der Waals surface area contributed by atoms with Crippen molar-refractivity contribution in [2.45, 2.75) is 111 Å². The van der Waals surface area contributed by atoms with Crippen LogP contribution >= 0.6 is 54.9 Å². The Morgan fingerprint density at radius 3 is 1.38 bits per heavy atom. The van der Waals surface area contributed by atoms with Gasteiger partial charge in [-0.1, -0.05) is 85.5 Å². The minimum absolute atomic E-state index is 0. The maximum absolute atomic E-state index is 14.9. The summed E-state index contributed by atoms with van der Waals surface area (Å²) in [5.74, 6) is -7.32. The summed E-state index contributed by atoms with van der Waals surface area (Å²) in [5.41, 5.74) is -9.56. The van der Waals surface area contributed by atoms with E-state index in [4.69, 9.17) is 42.6 Å². The van der Waals surface area contributed by atoms with E-state index >= 15 is 0 Å². The summed E-state index contributed by atoms with van der Waals surface area (Å²) in [7, 11) is 1.82. The molecule has 8 rings (SSSR count). The van der Waals surface area contributed by atoms with Crippen LogP contribution in [0.2, 0.25) is 10.0 Å². The molecule has 2 aliphatic heterocycles. The number of para-hydroxylation sites is 1. The van der Waals surface area contributed by atoms with E-state index < -0.39 is 143 Å². The van der Waals surface area contributed by atoms with Crippen LogP contribution in [0.5, 0.6) is 0 Å². The number of aromatic nitrogens is 7. The second-order valence-electron chi connectivity index (χ2n) is 22.8. The number of nitrogens with zero attached hydrogens (tertiary/aromatic N) is 13. The number of fused-ring (bicyclic) bond motifs is 1. The number of hydrogen-bond donors (Lipinski definition) is 3. The van der Waals surface area contributed by atoms with Gasteiger partial charge in [0.15, 0.2) is 10.3 Å². The zero-order valence-electron chi connectivity index (χ0n) is 60.5. The van der Waals surface area contributed by atoms with Gasteiger partial charge in [-0.3, -0.25) is 67.0 Å². The molecule has 0 spiro atoms. The second kappa shape index (κ2) is 44.2. The van der Waals surface area contributed by atoms with Gasteiger partial charge in [0, 0.05) is 51.8 Å². The number of amides is 3. The Bertz CT molecular complexity index is 4620. The fourth-order valence-corrected chi connectivity index (χ4v) is 11.9. The number of esters is 2. The molecule has 5 heterocycles. The third-order valence-electron chi connectivity index (χ3n) is 13.8. The van der Waals surface area contributed by atoms with Crippen molar-refractivity contribution in [1.82, 2.24) is 58.8 Å². The molecule has 29 nitrogen and oxygen atoms in total. The number of amidine groups is 2. The molecule has 3 aromatic carbocycles. The predicted molar refractivity (Wildman–Crippen MR) is 395 cm³/mol. The molecule has 3 N–H and O–H groups in total. The molecular formula is C64H82Cl2F14N15O14PS2. The van der Waals surface area contributed by atoms with Gasteiger partial charge < -0.3 is 29.9 Å². The molecule has 2 fully saturated rings. The molecule has 2 atom stereocenters. The zero-order valence-corrected chi connectivity index (χ0v) is 64.5. The van der Waals surface area contributed by atoms with Crippen LogP contribution in [0, 0.1) is 11.6 Å². The van der Waals surface area contributed by atoms with Crippen molar-refractivity contribution in [3.63, 3.8) is 0 Å². The molecule has 112 heavy (non-hydrogen) atoms. The summed E-state index contributed by atoms with van der Waals surface area (Å²) in [5, 5.41) is 18.8. The van der Waals surface area contributed by atoms with E-state index in [-0.39, 0.29) is 101 Å². The number of aliphatic carboxylic acids is 1. The number of hydrogen-bond acceptors (Lipinski definition) is 21. The molecule has 0 bridgehead atoms. The SMILES string of the molecule is C.C.CCN(C(C)C)C(C)C.CCOC(=O)CN1C(=O)C(CC(=O)NC)SC1=Nc1cc(-n2c(=O)cc(C(F)(F)F)n(C)c2=O)c(F)cc1Cl.CCOC(=O)CN1C(=O)C(CC(=O)O)SC1=Nc1cc(-n2c(=O)cc(C(F)(F)F)n(C)c2=O)c(F)cc1Cl.CNC.C[N+](C)=COn1nnc2ccccc21.FP(F)(F)(F)F.[F-]. The number of carboxylic acids is 1. The fraction of sp³-hybridized carbons (Fsp3) is 0.453. The summed E-state index contributed by atoms with van der Waals surface area (Å²) < 4.78 is 170. The van der Waals surface area contributed by atoms with E-state index in [0.717, 1.165) is 65.4 Å². The summed E-state index contributed by atoms with van der Waals surface area (Å²) >= 11 is 13.6. The van der Waals surface area contributed by atoms with Crippen molar-refractivity contribution in [3.05, 3.63) is 135 Å². The molecule has 2 saturated heterocycles. The third-order valence-corrected chi connectivity index (χ3v) is 16.7. The minimum atomic E-state index is -8.55. The standard InChI is InChI=1S/C22H20ClF4N5O6S.C21H17ClF4N4O7S.C9H11N4O.C8H19N.C2H7N.2CH4.F5P.FH/c1-4-38-18(35)9-31-19(36)14(7-16(33)28-2)39-20(31)29-12-6-13(11(24)5-10(12)23)32-17(34)8-15(22(25,26)27)30(3)21(32)37;1-3-37-17(34)8-29-18(35)13(6-16(32)33)38-19(29)27-11-5-12(10(23)4-9(11)22)30-15(31)7-14(21(24,25)26)28(2)20(30)36;1-12(2)7-14-13-9-6-4-3-5-8(9)10-11-13;1-6-9(7(2)3)8(4)5;1-3-2;;;1-6(2,3,4)5;/h5-6,8,14H,4,7,9H2,1-3H3,(H,28,33);4-5,7,13H,3,6,8H2,1-2H3,(H,32,33);3-7H,1-2H3;7-8H,6H2,1-5H3;3H,1-2H3;2*1H4;;1H/q;;+1;;;;;;/p-1. The fourth-order valence-electron chi connectivity index (χ4n) is 9.24. The van der Waals surface area contributed by atoms with Gasteiger partial charge in [0.05, 0.1) is 52.4 Å². The van der Waals surface area contributed by atoms with Crippen molar-refractivity contribution in [1.29, 1.82) is 0 Å². The Morgan fingerprint density at radius 2 is 1.05 bits per heavy atom. The van der Waals surface area contributed by atoms with Gasteiger partial charge in [0.25, 0.3) is 11.1 Å². The molecule has 3 aromatic heterocycles. The molecule has 626 valence electrons. The first-order chi connectivity index (χ1) is 50.3. The summed E-state index contributed by atoms with van der Waals surface area (Å²) in [6, 6.07) is 12.2. The van der Waals surface area contributed by atoms with Crippen LogP contribution in [-0.4, -0.2) is 201 Å². The Hall–Kier alpha value is -9.30. The monoisotopic (exact) mass is 1720 g/mol. The molecule has 0 aliphatic carbocycles. The molecule has 3 amide bonds. The van der Waals surface area contributed by atoms with E-state index in [1.54, 1.807) is 17.9 Å². The number of carbonyl (C=O) groups excluding carboxylic acids is 5. The number of carboxylic acid groups (broad SMARTS) is 1. The second-order valence-corrected chi connectivity index (χ2v) is 27.2. The topological polar surface area (TPSA) is 331 Å². The van der Waals surface area contributed by atoms with Crippen molar-refractivity contribution in [2.24, 2.45) is 24.1 Å². The van der Waals surface area contributed by atoms with Gasteiger partial charge in [0.1, 0.15) is 71.7 Å². The molecule has 6 aromatic rings. The van der Waals surface area contributed by atoms with E-state index in [0.29, 0.717) is 36.0 Å². The first-order valence-corrected chi connectivity index (χ1v) is 35.7. The van der Waals surface area contributed by atoms with Gasteiger partial charge in [-0.2, -0.15) is 26.3 Å². The van der Waals surface area contributed by atoms with Gasteiger partial charge in [0.2, 0.25) is 17.7 Å². The Kier molecular flexibility index (Phi) is 40.6. The zero-order chi connectivity index (χ0) is 83.3. The van der Waals surface area contributed by atoms with Crippen LogP contribution in [0.4, 0.5) is 67.5 Å². The van der Waals surface area contributed by atoms with E-state index in [2.05, 4.69) is 70.4 Å². The van der Waals surface area contributed by atoms with Crippen LogP contribution < -0.4 is 42.7 Å². The number of halogens is 16. The molecule has 2 aliphatic rings. The molecule has 0 saturated carbocycles. The number of aliphatic imine (C=N–C) groups is 2. The average molecular weight is 1720 g/mol. The van der Waals surface area contributed by atoms with Crippen molar-refractivity contribution in [3.8, 4) is 11.4 Å². The minimum Gasteiger partial charge on any atom is -1.00 e. The number of thioether (sulfide) groups is 2. The predicted octanol–water partition coefficient (Wildman–Crippen LogP) is 7.65. The Balaban J connectivity index is 0.00000155. The van der Waals surface area contributed by atoms with Crippen LogP contribution in [-0.2, 0) is 64.7 Å². The largest absolute Gasteiger partial charge is 1.00 e. The molecule has 48 heteroatoms. The summed E-state index contributed by atoms with van der Waals surface area (Å²) in [4.78, 5) is 142. The van der Waals surface area contributed by atoms with Gasteiger partial charge in [-0.15, -0.1) is 5.10 Å². The number of carbonyl (C=O) groups is 6. The van der Waals surface area contributed by atoms with Crippen LogP contribution in [0.15, 0.2) is 89.8 Å². The number of nitrogens with one attached hydrogen (secondary N) is 2. The van der Waals surface area contributed by atoms with E-state index in [1.165, 1.54) is 18.8 Å². The van der Waals surface area contributed by atoms with Crippen LogP contribution in [0.25, 0.3) is 22.4 Å². The van der Waals surface area contributed by atoms with Crippen molar-refractivity contribution in [2.75, 3.05) is 68.1 Å². The Morgan fingerprint density at radius 1 is 0.679 bits per heavy atom. The number of ether oxygens (including phenoxy) is 2. The number of rotatable bonds is 19. The summed E-state index contributed by atoms with van der Waals surface area (Å²) in [6.45, 7) is 14.2. The maximum atomic E-state index is 14.9. The molecule has 0 radical (unpaired) electrons. The van der Waals surface area contributed by atoms with E-state index in [1.807, 2.05) is 52.5 Å². The van der Waals surface area contributed by atoms with Gasteiger partial charge >= 0.3 is 77.2 Å². The summed E-state index contributed by atoms with van der Waals surface area (Å²) in [6.07, 6.45) is -9.40. The molecular weight excluding hydrogens is 1630 g/mol. The van der Waals surface area contributed by atoms with Crippen LogP contribution in [0.3, 0.4) is 0 Å². The first kappa shape index (κ1) is 103. The number of benzene rings is 3. The van der Waals surface area contributed by atoms with E-state index in [9.17, 15) is 104 Å². The van der Waals surface area contributed by atoms with Crippen molar-refractivity contribution < 1.29 is 114 Å². The average Bonchev–Trinajstić information content (AvgIpc) is 1.01. The normalized spacial score (nSPS) is 14.9. The van der Waals surface area contributed by atoms with Crippen molar-refractivity contribution >= 4 is 130 Å². The molecule has 2 unspecified atom stereocenters. The quantitative estimate of drug-likeness (QED) is 0.0175.